The molecule has 0 saturated heterocycles. The molecule has 0 aliphatic heterocycles. The van der Waals surface area contributed by atoms with Gasteiger partial charge in [0, 0.05) is 24.0 Å². The van der Waals surface area contributed by atoms with Crippen LogP contribution in [0.25, 0.3) is 11.0 Å². The van der Waals surface area contributed by atoms with Gasteiger partial charge in [0.25, 0.3) is 5.56 Å². The van der Waals surface area contributed by atoms with E-state index in [0.717, 1.165) is 17.8 Å². The highest BCUT2D eigenvalue weighted by Gasteiger charge is 2.20. The second-order valence-corrected chi connectivity index (χ2v) is 7.74. The number of anilines is 1. The Balaban J connectivity index is 1.91. The van der Waals surface area contributed by atoms with Crippen molar-refractivity contribution in [3.05, 3.63) is 52.4 Å². The van der Waals surface area contributed by atoms with Gasteiger partial charge < -0.3 is 9.88 Å². The number of nitrogens with zero attached hydrogens (tertiary/aromatic N) is 3. The van der Waals surface area contributed by atoms with Crippen LogP contribution in [-0.2, 0) is 4.79 Å². The molecule has 2 aromatic heterocycles. The molecular formula is C21H26N4O2S. The van der Waals surface area contributed by atoms with E-state index in [2.05, 4.69) is 9.97 Å². The topological polar surface area (TPSA) is 71.0 Å². The average molecular weight is 399 g/mol. The summed E-state index contributed by atoms with van der Waals surface area (Å²) in [6.07, 6.45) is 0.805. The Labute approximate surface area is 169 Å². The van der Waals surface area contributed by atoms with Gasteiger partial charge in [0.15, 0.2) is 5.16 Å². The van der Waals surface area contributed by atoms with Crippen molar-refractivity contribution in [3.8, 4) is 0 Å². The normalized spacial score (nSPS) is 12.3. The van der Waals surface area contributed by atoms with Crippen molar-refractivity contribution < 1.29 is 4.79 Å². The van der Waals surface area contributed by atoms with Gasteiger partial charge in [-0.1, -0.05) is 36.9 Å². The van der Waals surface area contributed by atoms with Crippen LogP contribution < -0.4 is 10.5 Å². The summed E-state index contributed by atoms with van der Waals surface area (Å²) in [6.45, 7) is 8.49. The van der Waals surface area contributed by atoms with Crippen LogP contribution in [0.5, 0.6) is 0 Å². The van der Waals surface area contributed by atoms with Crippen molar-refractivity contribution in [2.45, 2.75) is 45.3 Å². The molecule has 7 heteroatoms. The number of hydrogen-bond donors (Lipinski definition) is 1. The molecule has 0 aliphatic rings. The van der Waals surface area contributed by atoms with Gasteiger partial charge in [0.05, 0.1) is 11.3 Å². The fourth-order valence-electron chi connectivity index (χ4n) is 3.18. The lowest BCUT2D eigenvalue weighted by molar-refractivity contribution is -0.116. The zero-order chi connectivity index (χ0) is 20.3. The maximum Gasteiger partial charge on any atom is 0.278 e. The van der Waals surface area contributed by atoms with Gasteiger partial charge in [-0.05, 0) is 45.4 Å². The zero-order valence-corrected chi connectivity index (χ0v) is 17.5. The van der Waals surface area contributed by atoms with Gasteiger partial charge in [0.1, 0.15) is 5.52 Å². The summed E-state index contributed by atoms with van der Waals surface area (Å²) in [5.41, 5.74) is 2.85. The molecule has 0 radical (unpaired) electrons. The van der Waals surface area contributed by atoms with Crippen LogP contribution in [0.3, 0.4) is 0 Å². The first-order valence-corrected chi connectivity index (χ1v) is 10.5. The highest BCUT2D eigenvalue weighted by atomic mass is 32.2. The van der Waals surface area contributed by atoms with E-state index in [9.17, 15) is 9.59 Å². The number of para-hydroxylation sites is 1. The number of aryl methyl sites for hydroxylation is 1. The van der Waals surface area contributed by atoms with Crippen LogP contribution in [0.15, 0.2) is 46.3 Å². The third-order valence-corrected chi connectivity index (χ3v) is 5.77. The van der Waals surface area contributed by atoms with Crippen LogP contribution in [0, 0.1) is 6.92 Å². The summed E-state index contributed by atoms with van der Waals surface area (Å²) in [6, 6.07) is 11.5. The molecule has 1 atom stereocenters. The molecule has 6 nitrogen and oxygen atoms in total. The highest BCUT2D eigenvalue weighted by molar-refractivity contribution is 7.99. The van der Waals surface area contributed by atoms with Crippen LogP contribution in [0.4, 0.5) is 5.69 Å². The number of aromatic amines is 1. The van der Waals surface area contributed by atoms with Crippen molar-refractivity contribution in [2.75, 3.05) is 17.2 Å². The van der Waals surface area contributed by atoms with Gasteiger partial charge in [-0.2, -0.15) is 0 Å². The summed E-state index contributed by atoms with van der Waals surface area (Å²) in [5.74, 6) is 0.217. The second kappa shape index (κ2) is 8.65. The number of amides is 1. The average Bonchev–Trinajstić information content (AvgIpc) is 3.08. The van der Waals surface area contributed by atoms with Crippen LogP contribution in [-0.4, -0.2) is 32.7 Å². The first-order chi connectivity index (χ1) is 13.5. The molecule has 0 spiro atoms. The number of hydrogen-bond acceptors (Lipinski definition) is 4. The van der Waals surface area contributed by atoms with E-state index in [0.29, 0.717) is 22.7 Å². The fourth-order valence-corrected chi connectivity index (χ4v) is 4.15. The number of carbonyl (C=O) groups excluding carboxylic acids is 1. The van der Waals surface area contributed by atoms with E-state index in [-0.39, 0.29) is 23.3 Å². The summed E-state index contributed by atoms with van der Waals surface area (Å²) >= 11 is 1.32. The molecule has 2 heterocycles. The number of thioether (sulfide) groups is 1. The predicted octanol–water partition coefficient (Wildman–Crippen LogP) is 4.15. The van der Waals surface area contributed by atoms with Crippen molar-refractivity contribution in [3.63, 3.8) is 0 Å². The minimum absolute atomic E-state index is 0.00186. The number of H-pyrrole nitrogens is 1. The number of benzene rings is 1. The smallest absolute Gasteiger partial charge is 0.278 e. The predicted molar refractivity (Wildman–Crippen MR) is 115 cm³/mol. The van der Waals surface area contributed by atoms with Crippen LogP contribution in [0.1, 0.15) is 38.9 Å². The third-order valence-electron chi connectivity index (χ3n) is 4.83. The summed E-state index contributed by atoms with van der Waals surface area (Å²) in [7, 11) is 0. The van der Waals surface area contributed by atoms with E-state index < -0.39 is 0 Å². The first kappa shape index (κ1) is 20.2. The van der Waals surface area contributed by atoms with E-state index >= 15 is 0 Å². The Morgan fingerprint density at radius 3 is 2.64 bits per heavy atom. The quantitative estimate of drug-likeness (QED) is 0.479. The first-order valence-electron chi connectivity index (χ1n) is 9.56. The standard InChI is InChI=1S/C21H26N4O2S/c1-5-15(4)25-20(27)19-17(12-14(3)22-19)23-21(25)28-13-18(26)24(6-2)16-10-8-7-9-11-16/h7-12,15,22H,5-6,13H2,1-4H3. The molecule has 0 bridgehead atoms. The van der Waals surface area contributed by atoms with Gasteiger partial charge in [-0.15, -0.1) is 0 Å². The number of fused-ring (bicyclic) bond motifs is 1. The molecule has 28 heavy (non-hydrogen) atoms. The van der Waals surface area contributed by atoms with Crippen LogP contribution >= 0.6 is 11.8 Å². The van der Waals surface area contributed by atoms with Gasteiger partial charge in [0.2, 0.25) is 5.91 Å². The Hall–Kier alpha value is -2.54. The third kappa shape index (κ3) is 3.99. The second-order valence-electron chi connectivity index (χ2n) is 6.80. The minimum Gasteiger partial charge on any atom is -0.353 e. The zero-order valence-electron chi connectivity index (χ0n) is 16.7. The van der Waals surface area contributed by atoms with E-state index in [1.165, 1.54) is 11.8 Å². The molecule has 148 valence electrons. The lowest BCUT2D eigenvalue weighted by Crippen LogP contribution is -2.32. The van der Waals surface area contributed by atoms with Crippen molar-refractivity contribution in [1.29, 1.82) is 0 Å². The molecule has 1 aromatic carbocycles. The number of aromatic nitrogens is 3. The van der Waals surface area contributed by atoms with Crippen molar-refractivity contribution in [2.24, 2.45) is 0 Å². The van der Waals surface area contributed by atoms with E-state index in [1.807, 2.05) is 64.1 Å². The molecule has 1 amide bonds. The Morgan fingerprint density at radius 2 is 2.00 bits per heavy atom. The number of carbonyl (C=O) groups is 1. The molecule has 1 unspecified atom stereocenters. The fraction of sp³-hybridized carbons (Fsp3) is 0.381. The maximum atomic E-state index is 13.0. The molecule has 0 saturated carbocycles. The SMILES string of the molecule is CCC(C)n1c(SCC(=O)N(CC)c2ccccc2)nc2cc(C)[nH]c2c1=O. The lowest BCUT2D eigenvalue weighted by Gasteiger charge is -2.22. The summed E-state index contributed by atoms with van der Waals surface area (Å²) in [5, 5.41) is 0.586. The summed E-state index contributed by atoms with van der Waals surface area (Å²) in [4.78, 5) is 35.4. The minimum atomic E-state index is -0.0854. The molecule has 0 aliphatic carbocycles. The molecule has 3 aromatic rings. The Kier molecular flexibility index (Phi) is 6.24. The van der Waals surface area contributed by atoms with Gasteiger partial charge >= 0.3 is 0 Å². The largest absolute Gasteiger partial charge is 0.353 e. The lowest BCUT2D eigenvalue weighted by atomic mass is 10.2. The van der Waals surface area contributed by atoms with E-state index in [1.54, 1.807) is 9.47 Å². The van der Waals surface area contributed by atoms with Crippen LogP contribution in [0.2, 0.25) is 0 Å². The molecule has 1 N–H and O–H groups in total. The highest BCUT2D eigenvalue weighted by Crippen LogP contribution is 2.24. The van der Waals surface area contributed by atoms with Crippen molar-refractivity contribution in [1.82, 2.24) is 14.5 Å². The molecule has 0 fully saturated rings. The van der Waals surface area contributed by atoms with E-state index in [4.69, 9.17) is 0 Å². The van der Waals surface area contributed by atoms with Crippen molar-refractivity contribution >= 4 is 34.4 Å². The van der Waals surface area contributed by atoms with Gasteiger partial charge in [-0.25, -0.2) is 4.98 Å². The Bertz CT molecular complexity index is 1030. The molecule has 3 rings (SSSR count). The Morgan fingerprint density at radius 1 is 1.29 bits per heavy atom. The monoisotopic (exact) mass is 398 g/mol. The number of nitrogens with one attached hydrogen (secondary N) is 1. The molecular weight excluding hydrogens is 372 g/mol. The van der Waals surface area contributed by atoms with Gasteiger partial charge in [-0.3, -0.25) is 14.2 Å². The summed E-state index contributed by atoms with van der Waals surface area (Å²) < 4.78 is 1.70. The number of rotatable bonds is 7. The maximum absolute atomic E-state index is 13.0.